The van der Waals surface area contributed by atoms with Crippen LogP contribution in [0, 0.1) is 0 Å². The second-order valence-electron chi connectivity index (χ2n) is 6.23. The molecule has 0 saturated carbocycles. The third-order valence-electron chi connectivity index (χ3n) is 3.99. The Morgan fingerprint density at radius 3 is 2.65 bits per heavy atom. The molecule has 1 aliphatic rings. The molecule has 4 heteroatoms. The maximum atomic E-state index is 5.64. The third-order valence-corrected chi connectivity index (χ3v) is 4.83. The lowest BCUT2D eigenvalue weighted by atomic mass is 10.1. The zero-order chi connectivity index (χ0) is 16.1. The van der Waals surface area contributed by atoms with Crippen LogP contribution in [0.15, 0.2) is 41.8 Å². The van der Waals surface area contributed by atoms with Crippen LogP contribution in [0.3, 0.4) is 0 Å². The van der Waals surface area contributed by atoms with Gasteiger partial charge in [0.2, 0.25) is 0 Å². The summed E-state index contributed by atoms with van der Waals surface area (Å²) in [5.41, 5.74) is 3.23. The molecule has 1 aromatic carbocycles. The average Bonchev–Trinajstić information content (AvgIpc) is 3.03. The van der Waals surface area contributed by atoms with Crippen molar-refractivity contribution in [1.29, 1.82) is 0 Å². The van der Waals surface area contributed by atoms with Crippen LogP contribution in [-0.2, 0) is 6.54 Å². The summed E-state index contributed by atoms with van der Waals surface area (Å²) in [6, 6.07) is 8.16. The van der Waals surface area contributed by atoms with Crippen molar-refractivity contribution >= 4 is 11.3 Å². The van der Waals surface area contributed by atoms with Crippen LogP contribution in [0.1, 0.15) is 31.2 Å². The van der Waals surface area contributed by atoms with Crippen molar-refractivity contribution in [3.63, 3.8) is 0 Å². The van der Waals surface area contributed by atoms with Crippen molar-refractivity contribution in [3.05, 3.63) is 46.8 Å². The molecule has 0 bridgehead atoms. The van der Waals surface area contributed by atoms with E-state index in [9.17, 15) is 0 Å². The van der Waals surface area contributed by atoms with Gasteiger partial charge >= 0.3 is 0 Å². The Morgan fingerprint density at radius 2 is 1.96 bits per heavy atom. The van der Waals surface area contributed by atoms with Crippen molar-refractivity contribution in [1.82, 2.24) is 9.88 Å². The van der Waals surface area contributed by atoms with Gasteiger partial charge in [0.25, 0.3) is 0 Å². The standard InChI is InChI=1S/C19H24N2OS/c1-15(2)13-22-17-8-6-16(7-9-17)18-14-23-19(20-18)12-21-10-4-3-5-11-21/h6-9,14H,1,3-5,10-13H2,2H3. The van der Waals surface area contributed by atoms with Crippen molar-refractivity contribution in [2.45, 2.75) is 32.7 Å². The molecule has 3 rings (SSSR count). The van der Waals surface area contributed by atoms with Crippen LogP contribution in [0.2, 0.25) is 0 Å². The number of aromatic nitrogens is 1. The lowest BCUT2D eigenvalue weighted by Gasteiger charge is -2.25. The van der Waals surface area contributed by atoms with Gasteiger partial charge in [0, 0.05) is 10.9 Å². The summed E-state index contributed by atoms with van der Waals surface area (Å²) in [5, 5.41) is 3.37. The Morgan fingerprint density at radius 1 is 1.22 bits per heavy atom. The molecule has 0 radical (unpaired) electrons. The predicted molar refractivity (Wildman–Crippen MR) is 97.0 cm³/mol. The third kappa shape index (κ3) is 4.66. The highest BCUT2D eigenvalue weighted by Crippen LogP contribution is 2.25. The summed E-state index contributed by atoms with van der Waals surface area (Å²) < 4.78 is 5.64. The number of hydrogen-bond donors (Lipinski definition) is 0. The van der Waals surface area contributed by atoms with Crippen molar-refractivity contribution in [2.75, 3.05) is 19.7 Å². The number of likely N-dealkylation sites (tertiary alicyclic amines) is 1. The Bertz CT molecular complexity index is 642. The summed E-state index contributed by atoms with van der Waals surface area (Å²) in [5.74, 6) is 0.875. The number of benzene rings is 1. The zero-order valence-electron chi connectivity index (χ0n) is 13.8. The first kappa shape index (κ1) is 16.2. The van der Waals surface area contributed by atoms with Crippen LogP contribution in [0.5, 0.6) is 5.75 Å². The molecule has 2 heterocycles. The van der Waals surface area contributed by atoms with E-state index in [1.165, 1.54) is 37.4 Å². The normalized spacial score (nSPS) is 15.5. The lowest BCUT2D eigenvalue weighted by Crippen LogP contribution is -2.28. The molecular weight excluding hydrogens is 304 g/mol. The molecule has 0 atom stereocenters. The Kier molecular flexibility index (Phi) is 5.47. The van der Waals surface area contributed by atoms with Crippen LogP contribution in [-0.4, -0.2) is 29.6 Å². The highest BCUT2D eigenvalue weighted by molar-refractivity contribution is 7.09. The van der Waals surface area contributed by atoms with Gasteiger partial charge in [-0.2, -0.15) is 0 Å². The van der Waals surface area contributed by atoms with E-state index in [0.717, 1.165) is 29.1 Å². The molecule has 3 nitrogen and oxygen atoms in total. The fraction of sp³-hybridized carbons (Fsp3) is 0.421. The Hall–Kier alpha value is -1.65. The van der Waals surface area contributed by atoms with Crippen LogP contribution in [0.25, 0.3) is 11.3 Å². The summed E-state index contributed by atoms with van der Waals surface area (Å²) in [6.45, 7) is 9.79. The van der Waals surface area contributed by atoms with Crippen LogP contribution in [0.4, 0.5) is 0 Å². The van der Waals surface area contributed by atoms with E-state index >= 15 is 0 Å². The smallest absolute Gasteiger partial charge is 0.119 e. The Balaban J connectivity index is 1.61. The quantitative estimate of drug-likeness (QED) is 0.716. The summed E-state index contributed by atoms with van der Waals surface area (Å²) in [7, 11) is 0. The van der Waals surface area contributed by atoms with Crippen LogP contribution >= 0.6 is 11.3 Å². The zero-order valence-corrected chi connectivity index (χ0v) is 14.6. The molecule has 0 N–H and O–H groups in total. The van der Waals surface area contributed by atoms with E-state index in [1.54, 1.807) is 11.3 Å². The van der Waals surface area contributed by atoms with E-state index in [-0.39, 0.29) is 0 Å². The Labute approximate surface area is 142 Å². The number of ether oxygens (including phenoxy) is 1. The molecule has 0 amide bonds. The summed E-state index contributed by atoms with van der Waals surface area (Å²) in [6.07, 6.45) is 4.02. The van der Waals surface area contributed by atoms with Crippen molar-refractivity contribution in [2.24, 2.45) is 0 Å². The van der Waals surface area contributed by atoms with Crippen molar-refractivity contribution < 1.29 is 4.74 Å². The minimum Gasteiger partial charge on any atom is -0.489 e. The second kappa shape index (κ2) is 7.75. The van der Waals surface area contributed by atoms with E-state index in [4.69, 9.17) is 9.72 Å². The molecule has 1 aromatic heterocycles. The van der Waals surface area contributed by atoms with Gasteiger partial charge in [-0.05, 0) is 62.7 Å². The van der Waals surface area contributed by atoms with Crippen molar-refractivity contribution in [3.8, 4) is 17.0 Å². The molecule has 1 aliphatic heterocycles. The maximum absolute atomic E-state index is 5.64. The molecular formula is C19H24N2OS. The first-order valence-electron chi connectivity index (χ1n) is 8.25. The van der Waals surface area contributed by atoms with Gasteiger partial charge in [-0.3, -0.25) is 4.90 Å². The number of rotatable bonds is 6. The molecule has 1 saturated heterocycles. The molecule has 0 spiro atoms. The highest BCUT2D eigenvalue weighted by atomic mass is 32.1. The topological polar surface area (TPSA) is 25.4 Å². The van der Waals surface area contributed by atoms with Crippen LogP contribution < -0.4 is 4.74 Å². The van der Waals surface area contributed by atoms with Gasteiger partial charge in [0.15, 0.2) is 0 Å². The monoisotopic (exact) mass is 328 g/mol. The molecule has 2 aromatic rings. The lowest BCUT2D eigenvalue weighted by molar-refractivity contribution is 0.220. The highest BCUT2D eigenvalue weighted by Gasteiger charge is 2.13. The molecule has 23 heavy (non-hydrogen) atoms. The number of thiazole rings is 1. The molecule has 0 aliphatic carbocycles. The summed E-state index contributed by atoms with van der Waals surface area (Å²) in [4.78, 5) is 7.31. The maximum Gasteiger partial charge on any atom is 0.119 e. The van der Waals surface area contributed by atoms with E-state index in [1.807, 2.05) is 19.1 Å². The number of piperidine rings is 1. The first-order chi connectivity index (χ1) is 11.2. The van der Waals surface area contributed by atoms with Gasteiger partial charge < -0.3 is 4.74 Å². The minimum atomic E-state index is 0.566. The fourth-order valence-corrected chi connectivity index (χ4v) is 3.60. The fourth-order valence-electron chi connectivity index (χ4n) is 2.75. The van der Waals surface area contributed by atoms with E-state index in [0.29, 0.717) is 6.61 Å². The van der Waals surface area contributed by atoms with Gasteiger partial charge in [-0.1, -0.05) is 13.0 Å². The van der Waals surface area contributed by atoms with Gasteiger partial charge in [-0.25, -0.2) is 4.98 Å². The first-order valence-corrected chi connectivity index (χ1v) is 9.13. The predicted octanol–water partition coefficient (Wildman–Crippen LogP) is 4.75. The SMILES string of the molecule is C=C(C)COc1ccc(-c2csc(CN3CCCCC3)n2)cc1. The largest absolute Gasteiger partial charge is 0.489 e. The second-order valence-corrected chi connectivity index (χ2v) is 7.18. The minimum absolute atomic E-state index is 0.566. The summed E-state index contributed by atoms with van der Waals surface area (Å²) >= 11 is 1.76. The number of nitrogens with zero attached hydrogens (tertiary/aromatic N) is 2. The van der Waals surface area contributed by atoms with Gasteiger partial charge in [-0.15, -0.1) is 11.3 Å². The molecule has 0 unspecified atom stereocenters. The molecule has 1 fully saturated rings. The van der Waals surface area contributed by atoms with Gasteiger partial charge in [0.1, 0.15) is 17.4 Å². The van der Waals surface area contributed by atoms with E-state index < -0.39 is 0 Å². The molecule has 122 valence electrons. The van der Waals surface area contributed by atoms with E-state index in [2.05, 4.69) is 29.0 Å². The number of hydrogen-bond acceptors (Lipinski definition) is 4. The van der Waals surface area contributed by atoms with Gasteiger partial charge in [0.05, 0.1) is 12.2 Å². The average molecular weight is 328 g/mol.